The van der Waals surface area contributed by atoms with E-state index in [-0.39, 0.29) is 0 Å². The summed E-state index contributed by atoms with van der Waals surface area (Å²) in [4.78, 5) is 5.82. The third-order valence-corrected chi connectivity index (χ3v) is 8.96. The molecule has 1 unspecified atom stereocenters. The second kappa shape index (κ2) is 10.7. The molecule has 32 heavy (non-hydrogen) atoms. The van der Waals surface area contributed by atoms with E-state index in [1.54, 1.807) is 5.57 Å². The van der Waals surface area contributed by atoms with E-state index in [0.29, 0.717) is 5.41 Å². The van der Waals surface area contributed by atoms with Gasteiger partial charge in [-0.15, -0.1) is 0 Å². The van der Waals surface area contributed by atoms with E-state index in [9.17, 15) is 0 Å². The van der Waals surface area contributed by atoms with E-state index < -0.39 is 0 Å². The Kier molecular flexibility index (Phi) is 7.49. The molecule has 4 aliphatic heterocycles. The molecule has 0 aromatic heterocycles. The number of fused-ring (bicyclic) bond motifs is 1. The molecule has 4 heterocycles. The number of rotatable bonds is 0. The predicted octanol–water partition coefficient (Wildman–Crippen LogP) is 6.69. The lowest BCUT2D eigenvalue weighted by Gasteiger charge is -2.62. The van der Waals surface area contributed by atoms with Crippen molar-refractivity contribution in [3.8, 4) is 0 Å². The molecule has 2 heteroatoms. The summed E-state index contributed by atoms with van der Waals surface area (Å²) in [6.07, 6.45) is 35.7. The Morgan fingerprint density at radius 3 is 2.44 bits per heavy atom. The van der Waals surface area contributed by atoms with Gasteiger partial charge in [-0.3, -0.25) is 4.90 Å². The van der Waals surface area contributed by atoms with E-state index in [1.165, 1.54) is 84.1 Å². The van der Waals surface area contributed by atoms with Crippen LogP contribution < -0.4 is 0 Å². The van der Waals surface area contributed by atoms with Crippen LogP contribution in [0, 0.1) is 17.3 Å². The molecule has 5 atom stereocenters. The van der Waals surface area contributed by atoms with Crippen LogP contribution in [-0.4, -0.2) is 48.6 Å². The van der Waals surface area contributed by atoms with E-state index in [2.05, 4.69) is 64.5 Å². The first-order chi connectivity index (χ1) is 15.8. The third-order valence-electron chi connectivity index (χ3n) is 8.96. The van der Waals surface area contributed by atoms with Crippen molar-refractivity contribution in [3.63, 3.8) is 0 Å². The van der Waals surface area contributed by atoms with E-state index in [4.69, 9.17) is 0 Å². The maximum Gasteiger partial charge on any atom is 0.0310 e. The molecule has 2 saturated heterocycles. The Morgan fingerprint density at radius 1 is 0.750 bits per heavy atom. The number of hydrogen-bond donors (Lipinski definition) is 0. The van der Waals surface area contributed by atoms with Crippen molar-refractivity contribution in [3.05, 3.63) is 60.3 Å². The largest absolute Gasteiger partial charge is 0.302 e. The molecule has 5 rings (SSSR count). The zero-order valence-electron chi connectivity index (χ0n) is 20.1. The maximum atomic E-state index is 2.95. The van der Waals surface area contributed by atoms with Crippen molar-refractivity contribution in [1.82, 2.24) is 9.80 Å². The predicted molar refractivity (Wildman–Crippen MR) is 137 cm³/mol. The van der Waals surface area contributed by atoms with E-state index in [1.807, 2.05) is 0 Å². The Morgan fingerprint density at radius 2 is 1.53 bits per heavy atom. The van der Waals surface area contributed by atoms with Gasteiger partial charge in [-0.25, -0.2) is 0 Å². The minimum atomic E-state index is 0.494. The monoisotopic (exact) mass is 432 g/mol. The zero-order chi connectivity index (χ0) is 21.6. The van der Waals surface area contributed by atoms with Gasteiger partial charge in [0.25, 0.3) is 0 Å². The minimum Gasteiger partial charge on any atom is -0.302 e. The fraction of sp³-hybridized carbons (Fsp3) is 0.667. The summed E-state index contributed by atoms with van der Waals surface area (Å²) in [5.74, 6) is 1.80. The van der Waals surface area contributed by atoms with Crippen molar-refractivity contribution in [1.29, 1.82) is 0 Å². The van der Waals surface area contributed by atoms with Gasteiger partial charge < -0.3 is 4.90 Å². The lowest BCUT2D eigenvalue weighted by atomic mass is 9.54. The van der Waals surface area contributed by atoms with Crippen LogP contribution in [0.2, 0.25) is 0 Å². The van der Waals surface area contributed by atoms with Crippen molar-refractivity contribution in [2.75, 3.05) is 32.7 Å². The Hall–Kier alpha value is -1.38. The Bertz CT molecular complexity index is 772. The van der Waals surface area contributed by atoms with Gasteiger partial charge in [0.2, 0.25) is 0 Å². The summed E-state index contributed by atoms with van der Waals surface area (Å²) in [6, 6.07) is 0.736. The van der Waals surface area contributed by atoms with Gasteiger partial charge >= 0.3 is 0 Å². The van der Waals surface area contributed by atoms with Crippen molar-refractivity contribution >= 4 is 0 Å². The lowest BCUT2D eigenvalue weighted by Crippen LogP contribution is -2.65. The summed E-state index contributed by atoms with van der Waals surface area (Å²) in [6.45, 7) is 6.54. The minimum absolute atomic E-state index is 0.494. The number of hydrogen-bond acceptors (Lipinski definition) is 2. The Labute approximate surface area is 196 Å². The highest BCUT2D eigenvalue weighted by atomic mass is 15.2. The normalized spacial score (nSPS) is 44.4. The molecular weight excluding hydrogens is 388 g/mol. The third kappa shape index (κ3) is 5.07. The fourth-order valence-corrected chi connectivity index (χ4v) is 7.52. The molecule has 0 aromatic carbocycles. The van der Waals surface area contributed by atoms with Gasteiger partial charge in [0, 0.05) is 32.2 Å². The van der Waals surface area contributed by atoms with Gasteiger partial charge in [-0.05, 0) is 94.4 Å². The van der Waals surface area contributed by atoms with Gasteiger partial charge in [-0.2, -0.15) is 0 Å². The van der Waals surface area contributed by atoms with Crippen LogP contribution in [0.4, 0.5) is 0 Å². The van der Waals surface area contributed by atoms with Crippen molar-refractivity contribution in [2.24, 2.45) is 17.3 Å². The zero-order valence-corrected chi connectivity index (χ0v) is 20.1. The second-order valence-corrected chi connectivity index (χ2v) is 11.1. The summed E-state index contributed by atoms with van der Waals surface area (Å²) < 4.78 is 0. The molecule has 0 radical (unpaired) electrons. The van der Waals surface area contributed by atoms with Crippen LogP contribution in [0.1, 0.15) is 70.6 Å². The smallest absolute Gasteiger partial charge is 0.0310 e. The topological polar surface area (TPSA) is 6.48 Å². The van der Waals surface area contributed by atoms with Crippen LogP contribution in [0.3, 0.4) is 0 Å². The van der Waals surface area contributed by atoms with Crippen molar-refractivity contribution < 1.29 is 0 Å². The number of nitrogens with zero attached hydrogens (tertiary/aromatic N) is 2. The fourth-order valence-electron chi connectivity index (χ4n) is 7.52. The highest BCUT2D eigenvalue weighted by molar-refractivity contribution is 5.23. The molecule has 1 saturated carbocycles. The molecule has 1 aliphatic carbocycles. The Balaban J connectivity index is 1.43. The van der Waals surface area contributed by atoms with Crippen LogP contribution in [0.25, 0.3) is 0 Å². The van der Waals surface area contributed by atoms with Crippen LogP contribution in [0.5, 0.6) is 0 Å². The summed E-state index contributed by atoms with van der Waals surface area (Å²) in [5.41, 5.74) is 2.28. The summed E-state index contributed by atoms with van der Waals surface area (Å²) in [7, 11) is 0. The van der Waals surface area contributed by atoms with E-state index in [0.717, 1.165) is 37.1 Å². The molecule has 2 nitrogen and oxygen atoms in total. The second-order valence-electron chi connectivity index (χ2n) is 11.1. The van der Waals surface area contributed by atoms with Gasteiger partial charge in [0.15, 0.2) is 0 Å². The van der Waals surface area contributed by atoms with Crippen LogP contribution in [-0.2, 0) is 0 Å². The average Bonchev–Trinajstić information content (AvgIpc) is 2.84. The number of piperidine rings is 2. The first-order valence-corrected chi connectivity index (χ1v) is 13.6. The van der Waals surface area contributed by atoms with Crippen molar-refractivity contribution in [2.45, 2.75) is 76.7 Å². The van der Waals surface area contributed by atoms with E-state index >= 15 is 0 Å². The summed E-state index contributed by atoms with van der Waals surface area (Å²) in [5, 5.41) is 0. The van der Waals surface area contributed by atoms with Gasteiger partial charge in [0.1, 0.15) is 0 Å². The molecule has 174 valence electrons. The molecule has 0 amide bonds. The van der Waals surface area contributed by atoms with Crippen LogP contribution in [0.15, 0.2) is 60.3 Å². The maximum absolute atomic E-state index is 2.95. The quantitative estimate of drug-likeness (QED) is 0.394. The molecule has 3 fully saturated rings. The van der Waals surface area contributed by atoms with Gasteiger partial charge in [0.05, 0.1) is 0 Å². The molecule has 0 N–H and O–H groups in total. The molecule has 4 bridgehead atoms. The SMILES string of the molecule is C1=C\C/C=C\CC[C@]23CN(CC/C=C\C/1)C[C@H]1C/C4=C/C/C=C\CCCCN(C2)[C@H]4C[C@H]13. The highest BCUT2D eigenvalue weighted by Gasteiger charge is 2.55. The lowest BCUT2D eigenvalue weighted by molar-refractivity contribution is -0.107. The standard InChI is InChI=1S/C30H44N2/c1-2-4-7-11-15-19-31-23-27-21-26-17-13-9-5-8-12-16-20-32-25-30(24-31,18-14-10-6-3-1)28(27)22-29(26)32/h1-2,5-7,9-11,17,27-29H,3-4,8,12-16,18-25H2/b2-1-,9-5-,10-6-,11-7-,26-17-/t27-,28-,29+,30+/m1/s1. The van der Waals surface area contributed by atoms with Crippen LogP contribution >= 0.6 is 0 Å². The van der Waals surface area contributed by atoms with Gasteiger partial charge in [-0.1, -0.05) is 60.3 Å². The summed E-state index contributed by atoms with van der Waals surface area (Å²) >= 11 is 0. The molecule has 5 aliphatic rings. The molecule has 1 spiro atoms. The first-order valence-electron chi connectivity index (χ1n) is 13.6. The highest BCUT2D eigenvalue weighted by Crippen LogP contribution is 2.55. The molecule has 0 aromatic rings. The average molecular weight is 433 g/mol. The first kappa shape index (κ1) is 22.4. The number of allylic oxidation sites excluding steroid dienone is 8. The molecular formula is C30H44N2.